The molecule has 0 fully saturated rings. The molecule has 0 saturated heterocycles. The lowest BCUT2D eigenvalue weighted by Crippen LogP contribution is -2.29. The van der Waals surface area contributed by atoms with Gasteiger partial charge in [-0.25, -0.2) is 4.39 Å². The monoisotopic (exact) mass is 275 g/mol. The molecule has 1 aromatic rings. The molecule has 1 atom stereocenters. The van der Waals surface area contributed by atoms with E-state index in [4.69, 9.17) is 5.73 Å². The molecule has 0 amide bonds. The fraction of sp³-hybridized carbons (Fsp3) is 0.400. The highest BCUT2D eigenvalue weighted by Crippen LogP contribution is 2.37. The van der Waals surface area contributed by atoms with E-state index in [9.17, 15) is 30.7 Å². The molecular formula is C10H8F7N. The number of halogens is 7. The zero-order valence-electron chi connectivity index (χ0n) is 8.74. The second-order valence-electron chi connectivity index (χ2n) is 3.56. The lowest BCUT2D eigenvalue weighted by atomic mass is 9.96. The number of nitrogens with two attached hydrogens (primary N) is 1. The minimum Gasteiger partial charge on any atom is -0.330 e. The maximum atomic E-state index is 13.3. The summed E-state index contributed by atoms with van der Waals surface area (Å²) in [5, 5.41) is 0. The van der Waals surface area contributed by atoms with Crippen LogP contribution in [0.25, 0.3) is 0 Å². The first-order valence-corrected chi connectivity index (χ1v) is 4.70. The average molecular weight is 275 g/mol. The number of hydrogen-bond donors (Lipinski definition) is 1. The van der Waals surface area contributed by atoms with Gasteiger partial charge in [-0.2, -0.15) is 26.3 Å². The van der Waals surface area contributed by atoms with E-state index < -0.39 is 41.8 Å². The maximum absolute atomic E-state index is 13.3. The lowest BCUT2D eigenvalue weighted by molar-refractivity contribution is -0.148. The molecule has 1 rings (SSSR count). The van der Waals surface area contributed by atoms with E-state index in [1.807, 2.05) is 0 Å². The predicted octanol–water partition coefficient (Wildman–Crippen LogP) is 3.45. The van der Waals surface area contributed by atoms with Crippen LogP contribution in [0.1, 0.15) is 17.0 Å². The SMILES string of the molecule is NCC(c1ccc(C(F)(F)F)cc1F)C(F)(F)F. The molecule has 2 N–H and O–H groups in total. The topological polar surface area (TPSA) is 26.0 Å². The summed E-state index contributed by atoms with van der Waals surface area (Å²) in [5.41, 5.74) is 2.64. The Morgan fingerprint density at radius 1 is 1.06 bits per heavy atom. The van der Waals surface area contributed by atoms with Crippen molar-refractivity contribution < 1.29 is 30.7 Å². The molecule has 0 radical (unpaired) electrons. The summed E-state index contributed by atoms with van der Waals surface area (Å²) < 4.78 is 87.3. The van der Waals surface area contributed by atoms with Crippen LogP contribution in [-0.4, -0.2) is 12.7 Å². The van der Waals surface area contributed by atoms with Crippen LogP contribution in [0.15, 0.2) is 18.2 Å². The quantitative estimate of drug-likeness (QED) is 0.822. The summed E-state index contributed by atoms with van der Waals surface area (Å²) in [6, 6.07) is 0.889. The number of rotatable bonds is 2. The van der Waals surface area contributed by atoms with Gasteiger partial charge < -0.3 is 5.73 Å². The van der Waals surface area contributed by atoms with Gasteiger partial charge in [0.1, 0.15) is 5.82 Å². The van der Waals surface area contributed by atoms with Gasteiger partial charge in [-0.05, 0) is 12.1 Å². The standard InChI is InChI=1S/C10H8F7N/c11-8-3-5(9(12,13)14)1-2-6(8)7(4-18)10(15,16)17/h1-3,7H,4,18H2. The van der Waals surface area contributed by atoms with Gasteiger partial charge in [0, 0.05) is 12.1 Å². The van der Waals surface area contributed by atoms with Gasteiger partial charge in [0.25, 0.3) is 0 Å². The number of alkyl halides is 6. The van der Waals surface area contributed by atoms with E-state index in [0.717, 1.165) is 0 Å². The van der Waals surface area contributed by atoms with Crippen LogP contribution in [0.4, 0.5) is 30.7 Å². The molecule has 102 valence electrons. The van der Waals surface area contributed by atoms with Crippen molar-refractivity contribution in [3.8, 4) is 0 Å². The Bertz CT molecular complexity index is 421. The van der Waals surface area contributed by atoms with Gasteiger partial charge in [-0.3, -0.25) is 0 Å². The van der Waals surface area contributed by atoms with E-state index in [1.165, 1.54) is 0 Å². The fourth-order valence-electron chi connectivity index (χ4n) is 1.42. The molecule has 0 bridgehead atoms. The molecule has 0 spiro atoms. The molecule has 0 aliphatic rings. The summed E-state index contributed by atoms with van der Waals surface area (Å²) in [5.74, 6) is -3.89. The molecule has 1 nitrogen and oxygen atoms in total. The minimum atomic E-state index is -4.81. The van der Waals surface area contributed by atoms with Crippen molar-refractivity contribution >= 4 is 0 Å². The third kappa shape index (κ3) is 3.12. The van der Waals surface area contributed by atoms with Crippen molar-refractivity contribution in [2.75, 3.05) is 6.54 Å². The van der Waals surface area contributed by atoms with Crippen LogP contribution in [-0.2, 0) is 6.18 Å². The minimum absolute atomic E-state index is 0.0315. The molecule has 0 aromatic heterocycles. The smallest absolute Gasteiger partial charge is 0.330 e. The zero-order chi connectivity index (χ0) is 14.1. The van der Waals surface area contributed by atoms with Crippen molar-refractivity contribution in [1.82, 2.24) is 0 Å². The summed E-state index contributed by atoms with van der Waals surface area (Å²) in [6.45, 7) is -0.939. The first-order valence-electron chi connectivity index (χ1n) is 4.70. The van der Waals surface area contributed by atoms with Crippen molar-refractivity contribution in [2.24, 2.45) is 5.73 Å². The second kappa shape index (κ2) is 4.75. The van der Waals surface area contributed by atoms with Crippen molar-refractivity contribution in [2.45, 2.75) is 18.3 Å². The Kier molecular flexibility index (Phi) is 3.89. The second-order valence-corrected chi connectivity index (χ2v) is 3.56. The van der Waals surface area contributed by atoms with Gasteiger partial charge in [0.2, 0.25) is 0 Å². The normalized spacial score (nSPS) is 14.7. The summed E-state index contributed by atoms with van der Waals surface area (Å²) in [4.78, 5) is 0. The lowest BCUT2D eigenvalue weighted by Gasteiger charge is -2.20. The van der Waals surface area contributed by atoms with Crippen LogP contribution in [0.2, 0.25) is 0 Å². The van der Waals surface area contributed by atoms with Crippen LogP contribution in [0, 0.1) is 5.82 Å². The van der Waals surface area contributed by atoms with Gasteiger partial charge >= 0.3 is 12.4 Å². The zero-order valence-corrected chi connectivity index (χ0v) is 8.74. The number of hydrogen-bond acceptors (Lipinski definition) is 1. The van der Waals surface area contributed by atoms with Gasteiger partial charge in [0.05, 0.1) is 11.5 Å². The molecule has 8 heteroatoms. The van der Waals surface area contributed by atoms with Crippen LogP contribution in [0.3, 0.4) is 0 Å². The summed E-state index contributed by atoms with van der Waals surface area (Å²) >= 11 is 0. The average Bonchev–Trinajstić information content (AvgIpc) is 2.17. The highest BCUT2D eigenvalue weighted by atomic mass is 19.4. The molecule has 0 heterocycles. The molecule has 18 heavy (non-hydrogen) atoms. The Morgan fingerprint density at radius 3 is 1.94 bits per heavy atom. The molecule has 0 saturated carbocycles. The molecule has 0 aliphatic carbocycles. The molecular weight excluding hydrogens is 267 g/mol. The predicted molar refractivity (Wildman–Crippen MR) is 49.3 cm³/mol. The Labute approximate surface area is 97.4 Å². The summed E-state index contributed by atoms with van der Waals surface area (Å²) in [6.07, 6.45) is -9.62. The largest absolute Gasteiger partial charge is 0.416 e. The van der Waals surface area contributed by atoms with Crippen molar-refractivity contribution in [3.05, 3.63) is 35.1 Å². The van der Waals surface area contributed by atoms with Crippen LogP contribution in [0.5, 0.6) is 0 Å². The maximum Gasteiger partial charge on any atom is 0.416 e. The Balaban J connectivity index is 3.21. The molecule has 1 aromatic carbocycles. The number of benzene rings is 1. The van der Waals surface area contributed by atoms with Gasteiger partial charge in [0.15, 0.2) is 0 Å². The first-order chi connectivity index (χ1) is 8.07. The third-order valence-corrected chi connectivity index (χ3v) is 2.33. The van der Waals surface area contributed by atoms with Gasteiger partial charge in [-0.1, -0.05) is 6.07 Å². The van der Waals surface area contributed by atoms with Crippen molar-refractivity contribution in [1.29, 1.82) is 0 Å². The van der Waals surface area contributed by atoms with Crippen LogP contribution < -0.4 is 5.73 Å². The highest BCUT2D eigenvalue weighted by molar-refractivity contribution is 5.30. The third-order valence-electron chi connectivity index (χ3n) is 2.33. The van der Waals surface area contributed by atoms with Gasteiger partial charge in [-0.15, -0.1) is 0 Å². The van der Waals surface area contributed by atoms with E-state index in [-0.39, 0.29) is 6.07 Å². The fourth-order valence-corrected chi connectivity index (χ4v) is 1.42. The summed E-state index contributed by atoms with van der Waals surface area (Å²) in [7, 11) is 0. The highest BCUT2D eigenvalue weighted by Gasteiger charge is 2.41. The van der Waals surface area contributed by atoms with E-state index in [2.05, 4.69) is 0 Å². The Morgan fingerprint density at radius 2 is 1.61 bits per heavy atom. The molecule has 1 unspecified atom stereocenters. The van der Waals surface area contributed by atoms with Crippen molar-refractivity contribution in [3.63, 3.8) is 0 Å². The van der Waals surface area contributed by atoms with E-state index in [1.54, 1.807) is 0 Å². The Hall–Kier alpha value is -1.31. The first kappa shape index (κ1) is 14.7. The van der Waals surface area contributed by atoms with Crippen LogP contribution >= 0.6 is 0 Å². The van der Waals surface area contributed by atoms with E-state index in [0.29, 0.717) is 12.1 Å². The van der Waals surface area contributed by atoms with E-state index >= 15 is 0 Å². The molecule has 0 aliphatic heterocycles.